The maximum Gasteiger partial charge on any atom is 0.416 e. The van der Waals surface area contributed by atoms with Crippen LogP contribution >= 0.6 is 0 Å². The molecular formula is C27H27F3N2O4. The Morgan fingerprint density at radius 3 is 2.22 bits per heavy atom. The third-order valence-electron chi connectivity index (χ3n) is 5.74. The number of aliphatic carboxylic acids is 1. The lowest BCUT2D eigenvalue weighted by Crippen LogP contribution is -2.39. The highest BCUT2D eigenvalue weighted by molar-refractivity contribution is 5.80. The molecule has 0 saturated heterocycles. The summed E-state index contributed by atoms with van der Waals surface area (Å²) in [6.07, 6.45) is -4.82. The number of benzene rings is 3. The SMILES string of the molecule is CCN(Cc1c(CC(=O)O)ccc(OC)c1-c1ccc(C(F)(F)F)cc1)C(=O)NCc1ccccc1. The van der Waals surface area contributed by atoms with Gasteiger partial charge in [-0.2, -0.15) is 13.2 Å². The number of carbonyl (C=O) groups is 2. The Morgan fingerprint density at radius 2 is 1.67 bits per heavy atom. The number of rotatable bonds is 9. The molecule has 3 rings (SSSR count). The van der Waals surface area contributed by atoms with Crippen LogP contribution in [0.2, 0.25) is 0 Å². The Morgan fingerprint density at radius 1 is 1.00 bits per heavy atom. The molecule has 2 amide bonds. The number of hydrogen-bond acceptors (Lipinski definition) is 3. The number of halogens is 3. The number of hydrogen-bond donors (Lipinski definition) is 2. The summed E-state index contributed by atoms with van der Waals surface area (Å²) < 4.78 is 44.8. The van der Waals surface area contributed by atoms with E-state index < -0.39 is 17.7 Å². The number of carbonyl (C=O) groups excluding carboxylic acids is 1. The van der Waals surface area contributed by atoms with E-state index in [0.29, 0.717) is 41.1 Å². The van der Waals surface area contributed by atoms with Crippen LogP contribution in [0.3, 0.4) is 0 Å². The van der Waals surface area contributed by atoms with Crippen molar-refractivity contribution in [2.75, 3.05) is 13.7 Å². The molecule has 0 aliphatic carbocycles. The second-order valence-electron chi connectivity index (χ2n) is 8.08. The molecule has 0 bridgehead atoms. The van der Waals surface area contributed by atoms with Gasteiger partial charge in [-0.05, 0) is 47.4 Å². The van der Waals surface area contributed by atoms with Crippen LogP contribution in [-0.4, -0.2) is 35.7 Å². The molecule has 6 nitrogen and oxygen atoms in total. The fourth-order valence-electron chi connectivity index (χ4n) is 3.89. The molecule has 0 unspecified atom stereocenters. The van der Waals surface area contributed by atoms with Gasteiger partial charge in [0.05, 0.1) is 19.1 Å². The first-order valence-electron chi connectivity index (χ1n) is 11.3. The van der Waals surface area contributed by atoms with Crippen molar-refractivity contribution in [1.29, 1.82) is 0 Å². The molecule has 0 heterocycles. The van der Waals surface area contributed by atoms with Crippen molar-refractivity contribution in [2.24, 2.45) is 0 Å². The Balaban J connectivity index is 2.01. The normalized spacial score (nSPS) is 11.1. The van der Waals surface area contributed by atoms with Gasteiger partial charge in [0.25, 0.3) is 0 Å². The van der Waals surface area contributed by atoms with Gasteiger partial charge < -0.3 is 20.1 Å². The summed E-state index contributed by atoms with van der Waals surface area (Å²) in [7, 11) is 1.42. The van der Waals surface area contributed by atoms with Crippen molar-refractivity contribution in [1.82, 2.24) is 10.2 Å². The van der Waals surface area contributed by atoms with E-state index in [0.717, 1.165) is 17.7 Å². The van der Waals surface area contributed by atoms with Gasteiger partial charge >= 0.3 is 18.2 Å². The average molecular weight is 501 g/mol. The van der Waals surface area contributed by atoms with E-state index in [4.69, 9.17) is 4.74 Å². The van der Waals surface area contributed by atoms with Gasteiger partial charge in [-0.1, -0.05) is 48.5 Å². The monoisotopic (exact) mass is 500 g/mol. The molecule has 2 N–H and O–H groups in total. The molecule has 0 radical (unpaired) electrons. The zero-order valence-electron chi connectivity index (χ0n) is 19.9. The van der Waals surface area contributed by atoms with E-state index in [2.05, 4.69) is 5.32 Å². The standard InChI is InChI=1S/C27H27F3N2O4/c1-3-32(26(35)31-16-18-7-5-4-6-8-18)17-22-20(15-24(33)34)11-14-23(36-2)25(22)19-9-12-21(13-10-19)27(28,29)30/h4-14H,3,15-17H2,1-2H3,(H,31,35)(H,33,34). The van der Waals surface area contributed by atoms with Gasteiger partial charge in [0, 0.05) is 25.2 Å². The molecule has 190 valence electrons. The highest BCUT2D eigenvalue weighted by Crippen LogP contribution is 2.38. The topological polar surface area (TPSA) is 78.9 Å². The molecule has 0 saturated carbocycles. The number of carboxylic acid groups (broad SMARTS) is 1. The molecule has 0 spiro atoms. The van der Waals surface area contributed by atoms with Crippen molar-refractivity contribution in [3.05, 3.63) is 89.0 Å². The lowest BCUT2D eigenvalue weighted by atomic mass is 9.92. The van der Waals surface area contributed by atoms with Crippen LogP contribution in [0.4, 0.5) is 18.0 Å². The summed E-state index contributed by atoms with van der Waals surface area (Å²) in [5, 5.41) is 12.3. The molecule has 3 aromatic rings. The number of methoxy groups -OCH3 is 1. The van der Waals surface area contributed by atoms with Gasteiger partial charge in [-0.3, -0.25) is 4.79 Å². The van der Waals surface area contributed by atoms with Crippen LogP contribution < -0.4 is 10.1 Å². The highest BCUT2D eigenvalue weighted by atomic mass is 19.4. The first kappa shape index (κ1) is 26.6. The van der Waals surface area contributed by atoms with E-state index in [1.807, 2.05) is 30.3 Å². The lowest BCUT2D eigenvalue weighted by molar-refractivity contribution is -0.138. The van der Waals surface area contributed by atoms with Gasteiger partial charge in [0.2, 0.25) is 0 Å². The zero-order chi connectivity index (χ0) is 26.3. The fraction of sp³-hybridized carbons (Fsp3) is 0.259. The maximum absolute atomic E-state index is 13.1. The lowest BCUT2D eigenvalue weighted by Gasteiger charge is -2.26. The summed E-state index contributed by atoms with van der Waals surface area (Å²) in [5.74, 6) is -0.712. The predicted octanol–water partition coefficient (Wildman–Crippen LogP) is 5.74. The van der Waals surface area contributed by atoms with E-state index in [-0.39, 0.29) is 19.0 Å². The molecule has 36 heavy (non-hydrogen) atoms. The van der Waals surface area contributed by atoms with Crippen LogP contribution in [-0.2, 0) is 30.5 Å². The summed E-state index contributed by atoms with van der Waals surface area (Å²) >= 11 is 0. The number of nitrogens with one attached hydrogen (secondary N) is 1. The summed E-state index contributed by atoms with van der Waals surface area (Å²) in [5.41, 5.74) is 1.91. The summed E-state index contributed by atoms with van der Waals surface area (Å²) in [6.45, 7) is 2.45. The quantitative estimate of drug-likeness (QED) is 0.393. The van der Waals surface area contributed by atoms with Gasteiger partial charge in [-0.25, -0.2) is 4.79 Å². The molecule has 0 aromatic heterocycles. The smallest absolute Gasteiger partial charge is 0.416 e. The van der Waals surface area contributed by atoms with Crippen molar-refractivity contribution in [2.45, 2.75) is 32.6 Å². The number of urea groups is 1. The number of carboxylic acids is 1. The van der Waals surface area contributed by atoms with Crippen LogP contribution in [0.5, 0.6) is 5.75 Å². The number of amides is 2. The Kier molecular flexibility index (Phi) is 8.58. The molecule has 9 heteroatoms. The first-order valence-corrected chi connectivity index (χ1v) is 11.3. The molecule has 0 aliphatic heterocycles. The molecule has 0 atom stereocenters. The van der Waals surface area contributed by atoms with Crippen molar-refractivity contribution >= 4 is 12.0 Å². The fourth-order valence-corrected chi connectivity index (χ4v) is 3.89. The van der Waals surface area contributed by atoms with Gasteiger partial charge in [0.1, 0.15) is 5.75 Å². The predicted molar refractivity (Wildman–Crippen MR) is 130 cm³/mol. The van der Waals surface area contributed by atoms with Crippen molar-refractivity contribution in [3.63, 3.8) is 0 Å². The Hall–Kier alpha value is -4.01. The number of alkyl halides is 3. The zero-order valence-corrected chi connectivity index (χ0v) is 19.9. The Bertz CT molecular complexity index is 1200. The summed E-state index contributed by atoms with van der Waals surface area (Å²) in [6, 6.07) is 16.8. The molecular weight excluding hydrogens is 473 g/mol. The molecule has 0 aliphatic rings. The minimum atomic E-state index is -4.49. The van der Waals surface area contributed by atoms with Gasteiger partial charge in [-0.15, -0.1) is 0 Å². The van der Waals surface area contributed by atoms with E-state index in [1.165, 1.54) is 24.1 Å². The van der Waals surface area contributed by atoms with Crippen LogP contribution in [0.1, 0.15) is 29.2 Å². The highest BCUT2D eigenvalue weighted by Gasteiger charge is 2.30. The minimum Gasteiger partial charge on any atom is -0.496 e. The second kappa shape index (κ2) is 11.6. The molecule has 0 fully saturated rings. The van der Waals surface area contributed by atoms with Crippen molar-refractivity contribution < 1.29 is 32.6 Å². The van der Waals surface area contributed by atoms with Crippen LogP contribution in [0, 0.1) is 0 Å². The van der Waals surface area contributed by atoms with Crippen LogP contribution in [0.25, 0.3) is 11.1 Å². The minimum absolute atomic E-state index is 0.0350. The number of nitrogens with zero attached hydrogens (tertiary/aromatic N) is 1. The maximum atomic E-state index is 13.1. The van der Waals surface area contributed by atoms with E-state index >= 15 is 0 Å². The van der Waals surface area contributed by atoms with E-state index in [9.17, 15) is 27.9 Å². The second-order valence-corrected chi connectivity index (χ2v) is 8.08. The first-order chi connectivity index (χ1) is 17.1. The largest absolute Gasteiger partial charge is 0.496 e. The third kappa shape index (κ3) is 6.56. The Labute approximate surface area is 207 Å². The van der Waals surface area contributed by atoms with Gasteiger partial charge in [0.15, 0.2) is 0 Å². The number of ether oxygens (including phenoxy) is 1. The average Bonchev–Trinajstić information content (AvgIpc) is 2.86. The molecule has 3 aromatic carbocycles. The van der Waals surface area contributed by atoms with Crippen molar-refractivity contribution in [3.8, 4) is 16.9 Å². The van der Waals surface area contributed by atoms with Crippen LogP contribution in [0.15, 0.2) is 66.7 Å². The third-order valence-corrected chi connectivity index (χ3v) is 5.74. The summed E-state index contributed by atoms with van der Waals surface area (Å²) in [4.78, 5) is 26.1. The van der Waals surface area contributed by atoms with E-state index in [1.54, 1.807) is 19.1 Å².